The van der Waals surface area contributed by atoms with Crippen molar-refractivity contribution in [1.82, 2.24) is 14.5 Å². The highest BCUT2D eigenvalue weighted by molar-refractivity contribution is 9.10. The molecule has 0 aliphatic carbocycles. The summed E-state index contributed by atoms with van der Waals surface area (Å²) in [5.74, 6) is 0.458. The van der Waals surface area contributed by atoms with Gasteiger partial charge in [-0.2, -0.15) is 0 Å². The number of aromatic nitrogens is 3. The lowest BCUT2D eigenvalue weighted by molar-refractivity contribution is 1.10. The third kappa shape index (κ3) is 1.59. The van der Waals surface area contributed by atoms with Gasteiger partial charge in [-0.1, -0.05) is 12.1 Å². The highest BCUT2D eigenvalue weighted by Crippen LogP contribution is 2.27. The van der Waals surface area contributed by atoms with Crippen LogP contribution in [0.25, 0.3) is 16.7 Å². The van der Waals surface area contributed by atoms with Gasteiger partial charge in [0.05, 0.1) is 17.4 Å². The molecule has 0 aliphatic heterocycles. The van der Waals surface area contributed by atoms with Crippen molar-refractivity contribution in [1.29, 1.82) is 0 Å². The minimum atomic E-state index is 0.458. The van der Waals surface area contributed by atoms with E-state index in [1.807, 2.05) is 34.9 Å². The SMILES string of the molecule is Nc1nc2cnccc2n1-c1ccccc1Br. The maximum atomic E-state index is 5.96. The fraction of sp³-hybridized carbons (Fsp3) is 0. The Morgan fingerprint density at radius 1 is 1.18 bits per heavy atom. The maximum absolute atomic E-state index is 5.96. The van der Waals surface area contributed by atoms with Crippen LogP contribution < -0.4 is 5.73 Å². The van der Waals surface area contributed by atoms with Crippen LogP contribution in [0.5, 0.6) is 0 Å². The Bertz CT molecular complexity index is 690. The zero-order chi connectivity index (χ0) is 11.8. The van der Waals surface area contributed by atoms with E-state index in [9.17, 15) is 0 Å². The van der Waals surface area contributed by atoms with Gasteiger partial charge in [0.1, 0.15) is 5.52 Å². The first kappa shape index (κ1) is 10.3. The van der Waals surface area contributed by atoms with Gasteiger partial charge in [0.2, 0.25) is 5.95 Å². The summed E-state index contributed by atoms with van der Waals surface area (Å²) in [6, 6.07) is 9.79. The number of para-hydroxylation sites is 1. The predicted octanol–water partition coefficient (Wildman–Crippen LogP) is 2.77. The van der Waals surface area contributed by atoms with Crippen molar-refractivity contribution < 1.29 is 0 Å². The van der Waals surface area contributed by atoms with Crippen LogP contribution >= 0.6 is 15.9 Å². The summed E-state index contributed by atoms with van der Waals surface area (Å²) in [4.78, 5) is 8.33. The number of anilines is 1. The van der Waals surface area contributed by atoms with E-state index in [-0.39, 0.29) is 0 Å². The molecule has 0 unspecified atom stereocenters. The van der Waals surface area contributed by atoms with Gasteiger partial charge < -0.3 is 5.73 Å². The second-order valence-corrected chi connectivity index (χ2v) is 4.48. The van der Waals surface area contributed by atoms with E-state index in [2.05, 4.69) is 25.9 Å². The molecule has 5 heteroatoms. The van der Waals surface area contributed by atoms with Crippen molar-refractivity contribution in [3.63, 3.8) is 0 Å². The number of fused-ring (bicyclic) bond motifs is 1. The molecule has 0 atom stereocenters. The molecule has 17 heavy (non-hydrogen) atoms. The fourth-order valence-electron chi connectivity index (χ4n) is 1.84. The van der Waals surface area contributed by atoms with E-state index in [0.29, 0.717) is 5.95 Å². The molecular weight excluding hydrogens is 280 g/mol. The number of pyridine rings is 1. The van der Waals surface area contributed by atoms with Gasteiger partial charge in [-0.25, -0.2) is 4.98 Å². The number of imidazole rings is 1. The molecule has 84 valence electrons. The monoisotopic (exact) mass is 288 g/mol. The lowest BCUT2D eigenvalue weighted by Gasteiger charge is -2.08. The van der Waals surface area contributed by atoms with Gasteiger partial charge >= 0.3 is 0 Å². The predicted molar refractivity (Wildman–Crippen MR) is 71.0 cm³/mol. The molecule has 0 saturated carbocycles. The first-order valence-corrected chi connectivity index (χ1v) is 5.89. The molecule has 2 N–H and O–H groups in total. The number of halogens is 1. The molecule has 3 rings (SSSR count). The average molecular weight is 289 g/mol. The summed E-state index contributed by atoms with van der Waals surface area (Å²) in [7, 11) is 0. The van der Waals surface area contributed by atoms with Crippen LogP contribution in [0.15, 0.2) is 47.2 Å². The molecule has 1 aromatic carbocycles. The van der Waals surface area contributed by atoms with Gasteiger partial charge in [0.25, 0.3) is 0 Å². The zero-order valence-corrected chi connectivity index (χ0v) is 10.4. The van der Waals surface area contributed by atoms with Crippen LogP contribution in [0.1, 0.15) is 0 Å². The highest BCUT2D eigenvalue weighted by Gasteiger charge is 2.11. The maximum Gasteiger partial charge on any atom is 0.206 e. The number of nitrogens with zero attached hydrogens (tertiary/aromatic N) is 3. The largest absolute Gasteiger partial charge is 0.369 e. The molecule has 0 saturated heterocycles. The number of hydrogen-bond acceptors (Lipinski definition) is 3. The molecule has 2 heterocycles. The van der Waals surface area contributed by atoms with Crippen LogP contribution in [-0.4, -0.2) is 14.5 Å². The van der Waals surface area contributed by atoms with E-state index in [4.69, 9.17) is 5.73 Å². The zero-order valence-electron chi connectivity index (χ0n) is 8.84. The molecule has 0 fully saturated rings. The lowest BCUT2D eigenvalue weighted by atomic mass is 10.3. The molecule has 3 aromatic rings. The van der Waals surface area contributed by atoms with Gasteiger partial charge in [-0.3, -0.25) is 9.55 Å². The smallest absolute Gasteiger partial charge is 0.206 e. The van der Waals surface area contributed by atoms with Gasteiger partial charge in [-0.05, 0) is 34.1 Å². The fourth-order valence-corrected chi connectivity index (χ4v) is 2.30. The van der Waals surface area contributed by atoms with Crippen molar-refractivity contribution in [2.75, 3.05) is 5.73 Å². The summed E-state index contributed by atoms with van der Waals surface area (Å²) in [6.45, 7) is 0. The van der Waals surface area contributed by atoms with Crippen molar-refractivity contribution >= 4 is 32.9 Å². The van der Waals surface area contributed by atoms with Crippen LogP contribution in [0, 0.1) is 0 Å². The second-order valence-electron chi connectivity index (χ2n) is 3.62. The molecule has 0 aliphatic rings. The number of nitrogen functional groups attached to an aromatic ring is 1. The quantitative estimate of drug-likeness (QED) is 0.749. The Kier molecular flexibility index (Phi) is 2.33. The molecule has 2 aromatic heterocycles. The van der Waals surface area contributed by atoms with Gasteiger partial charge in [-0.15, -0.1) is 0 Å². The van der Waals surface area contributed by atoms with E-state index in [1.54, 1.807) is 12.4 Å². The third-order valence-corrected chi connectivity index (χ3v) is 3.25. The summed E-state index contributed by atoms with van der Waals surface area (Å²) in [6.07, 6.45) is 3.44. The van der Waals surface area contributed by atoms with Crippen LogP contribution in [0.3, 0.4) is 0 Å². The average Bonchev–Trinajstić information content (AvgIpc) is 2.66. The Hall–Kier alpha value is -1.88. The van der Waals surface area contributed by atoms with E-state index < -0.39 is 0 Å². The number of hydrogen-bond donors (Lipinski definition) is 1. The summed E-state index contributed by atoms with van der Waals surface area (Å²) in [5.41, 5.74) is 8.67. The Morgan fingerprint density at radius 3 is 2.82 bits per heavy atom. The molecule has 0 radical (unpaired) electrons. The molecule has 4 nitrogen and oxygen atoms in total. The van der Waals surface area contributed by atoms with Crippen LogP contribution in [0.4, 0.5) is 5.95 Å². The van der Waals surface area contributed by atoms with Crippen molar-refractivity contribution in [3.8, 4) is 5.69 Å². The minimum absolute atomic E-state index is 0.458. The highest BCUT2D eigenvalue weighted by atomic mass is 79.9. The minimum Gasteiger partial charge on any atom is -0.369 e. The van der Waals surface area contributed by atoms with Crippen molar-refractivity contribution in [2.45, 2.75) is 0 Å². The lowest BCUT2D eigenvalue weighted by Crippen LogP contribution is -2.01. The molecule has 0 spiro atoms. The van der Waals surface area contributed by atoms with Gasteiger partial charge in [0, 0.05) is 10.7 Å². The van der Waals surface area contributed by atoms with Crippen LogP contribution in [0.2, 0.25) is 0 Å². The summed E-state index contributed by atoms with van der Waals surface area (Å²) in [5, 5.41) is 0. The third-order valence-electron chi connectivity index (χ3n) is 2.58. The molecule has 0 bridgehead atoms. The van der Waals surface area contributed by atoms with Crippen molar-refractivity contribution in [2.24, 2.45) is 0 Å². The number of rotatable bonds is 1. The van der Waals surface area contributed by atoms with Gasteiger partial charge in [0.15, 0.2) is 0 Å². The van der Waals surface area contributed by atoms with E-state index in [1.165, 1.54) is 0 Å². The number of nitrogens with two attached hydrogens (primary N) is 1. The molecular formula is C12H9BrN4. The summed E-state index contributed by atoms with van der Waals surface area (Å²) >= 11 is 3.52. The Labute approximate surface area is 106 Å². The normalized spacial score (nSPS) is 10.9. The van der Waals surface area contributed by atoms with Crippen molar-refractivity contribution in [3.05, 3.63) is 47.2 Å². The molecule has 0 amide bonds. The topological polar surface area (TPSA) is 56.7 Å². The standard InChI is InChI=1S/C12H9BrN4/c13-8-3-1-2-4-10(8)17-11-5-6-15-7-9(11)16-12(17)14/h1-7H,(H2,14,16). The van der Waals surface area contributed by atoms with E-state index in [0.717, 1.165) is 21.2 Å². The Balaban J connectivity index is 2.38. The van der Waals surface area contributed by atoms with Crippen LogP contribution in [-0.2, 0) is 0 Å². The second kappa shape index (κ2) is 3.85. The Morgan fingerprint density at radius 2 is 2.00 bits per heavy atom. The van der Waals surface area contributed by atoms with E-state index >= 15 is 0 Å². The first-order valence-electron chi connectivity index (χ1n) is 5.10. The summed E-state index contributed by atoms with van der Waals surface area (Å²) < 4.78 is 2.88. The number of benzene rings is 1. The first-order chi connectivity index (χ1) is 8.27.